The Labute approximate surface area is 193 Å². The van der Waals surface area contributed by atoms with Crippen molar-refractivity contribution in [3.8, 4) is 6.07 Å². The van der Waals surface area contributed by atoms with Crippen LogP contribution < -0.4 is 10.5 Å². The van der Waals surface area contributed by atoms with Gasteiger partial charge in [0.1, 0.15) is 21.8 Å². The quantitative estimate of drug-likeness (QED) is 0.468. The van der Waals surface area contributed by atoms with E-state index >= 15 is 0 Å². The zero-order chi connectivity index (χ0) is 22.7. The lowest BCUT2D eigenvalue weighted by Gasteiger charge is -2.33. The number of carbonyl (C=O) groups excluding carboxylic acids is 1. The monoisotopic (exact) mass is 458 g/mol. The first kappa shape index (κ1) is 23.6. The largest absolute Gasteiger partial charge is 0.357 e. The predicted octanol–water partition coefficient (Wildman–Crippen LogP) is 4.29. The molecule has 1 amide bonds. The maximum atomic E-state index is 13.1. The SMILES string of the molecule is CCn1c(N2CCCCC2)c(C=C2SC(=S)N(CCC(C)C)C2=O)c(C)c(C#N)c1=O. The number of piperidine rings is 1. The van der Waals surface area contributed by atoms with Crippen LogP contribution >= 0.6 is 24.0 Å². The summed E-state index contributed by atoms with van der Waals surface area (Å²) in [6.07, 6.45) is 6.03. The molecule has 0 saturated carbocycles. The second-order valence-corrected chi connectivity index (χ2v) is 10.1. The minimum Gasteiger partial charge on any atom is -0.357 e. The van der Waals surface area contributed by atoms with Crippen molar-refractivity contribution < 1.29 is 4.79 Å². The van der Waals surface area contributed by atoms with Crippen molar-refractivity contribution in [2.45, 2.75) is 59.9 Å². The Bertz CT molecular complexity index is 1010. The molecule has 31 heavy (non-hydrogen) atoms. The van der Waals surface area contributed by atoms with Crippen LogP contribution in [0.25, 0.3) is 6.08 Å². The molecule has 0 bridgehead atoms. The number of amides is 1. The maximum absolute atomic E-state index is 13.1. The molecule has 3 heterocycles. The van der Waals surface area contributed by atoms with E-state index in [2.05, 4.69) is 24.8 Å². The molecule has 2 saturated heterocycles. The highest BCUT2D eigenvalue weighted by molar-refractivity contribution is 8.26. The van der Waals surface area contributed by atoms with Crippen LogP contribution in [0, 0.1) is 24.2 Å². The molecule has 0 radical (unpaired) electrons. The van der Waals surface area contributed by atoms with Crippen LogP contribution in [0.4, 0.5) is 5.82 Å². The van der Waals surface area contributed by atoms with Gasteiger partial charge in [-0.15, -0.1) is 0 Å². The van der Waals surface area contributed by atoms with Crippen molar-refractivity contribution in [3.63, 3.8) is 0 Å². The molecule has 2 fully saturated rings. The molecule has 1 aromatic heterocycles. The van der Waals surface area contributed by atoms with E-state index in [0.29, 0.717) is 33.8 Å². The first-order chi connectivity index (χ1) is 14.8. The number of thiocarbonyl (C=S) groups is 1. The lowest BCUT2D eigenvalue weighted by molar-refractivity contribution is -0.122. The molecule has 166 valence electrons. The topological polar surface area (TPSA) is 69.3 Å². The number of hydrogen-bond donors (Lipinski definition) is 0. The number of thioether (sulfide) groups is 1. The third kappa shape index (κ3) is 4.73. The molecule has 0 aromatic carbocycles. The zero-order valence-corrected chi connectivity index (χ0v) is 20.4. The molecule has 0 unspecified atom stereocenters. The Morgan fingerprint density at radius 3 is 2.48 bits per heavy atom. The molecule has 3 rings (SSSR count). The second kappa shape index (κ2) is 10.0. The number of carbonyl (C=O) groups is 1. The van der Waals surface area contributed by atoms with Crippen molar-refractivity contribution in [2.24, 2.45) is 5.92 Å². The lowest BCUT2D eigenvalue weighted by atomic mass is 10.0. The van der Waals surface area contributed by atoms with Crippen LogP contribution in [0.3, 0.4) is 0 Å². The summed E-state index contributed by atoms with van der Waals surface area (Å²) in [7, 11) is 0. The van der Waals surface area contributed by atoms with Crippen molar-refractivity contribution in [1.29, 1.82) is 5.26 Å². The van der Waals surface area contributed by atoms with Crippen molar-refractivity contribution in [2.75, 3.05) is 24.5 Å². The molecule has 8 heteroatoms. The third-order valence-corrected chi connectivity index (χ3v) is 7.28. The average molecular weight is 459 g/mol. The summed E-state index contributed by atoms with van der Waals surface area (Å²) >= 11 is 6.78. The Kier molecular flexibility index (Phi) is 7.60. The van der Waals surface area contributed by atoms with Gasteiger partial charge in [-0.2, -0.15) is 5.26 Å². The minimum atomic E-state index is -0.260. The Balaban J connectivity index is 2.14. The van der Waals surface area contributed by atoms with E-state index < -0.39 is 0 Å². The van der Waals surface area contributed by atoms with Crippen molar-refractivity contribution in [1.82, 2.24) is 9.47 Å². The van der Waals surface area contributed by atoms with Gasteiger partial charge >= 0.3 is 0 Å². The standard InChI is InChI=1S/C23H30N4O2S2/c1-5-26-20(25-10-7-6-8-11-25)17(16(4)18(14-24)21(26)28)13-19-22(29)27(23(30)31-19)12-9-15(2)3/h13,15H,5-12H2,1-4H3. The number of rotatable bonds is 6. The molecule has 0 spiro atoms. The van der Waals surface area contributed by atoms with Gasteiger partial charge in [-0.3, -0.25) is 19.1 Å². The van der Waals surface area contributed by atoms with Crippen LogP contribution in [0.1, 0.15) is 63.1 Å². The van der Waals surface area contributed by atoms with Gasteiger partial charge in [0.2, 0.25) is 0 Å². The Morgan fingerprint density at radius 1 is 1.23 bits per heavy atom. The van der Waals surface area contributed by atoms with Gasteiger partial charge in [-0.1, -0.05) is 37.8 Å². The van der Waals surface area contributed by atoms with E-state index in [1.54, 1.807) is 16.4 Å². The fourth-order valence-corrected chi connectivity index (χ4v) is 5.39. The fourth-order valence-electron chi connectivity index (χ4n) is 4.10. The molecule has 1 aromatic rings. The van der Waals surface area contributed by atoms with Crippen LogP contribution in [0.15, 0.2) is 9.70 Å². The van der Waals surface area contributed by atoms with Gasteiger partial charge in [0.05, 0.1) is 4.91 Å². The zero-order valence-electron chi connectivity index (χ0n) is 18.7. The maximum Gasteiger partial charge on any atom is 0.270 e. The first-order valence-electron chi connectivity index (χ1n) is 11.0. The van der Waals surface area contributed by atoms with Gasteiger partial charge in [0.15, 0.2) is 0 Å². The summed E-state index contributed by atoms with van der Waals surface area (Å²) in [4.78, 5) is 30.6. The summed E-state index contributed by atoms with van der Waals surface area (Å²) in [6.45, 7) is 10.8. The normalized spacial score (nSPS) is 18.4. The minimum absolute atomic E-state index is 0.0904. The van der Waals surface area contributed by atoms with Gasteiger partial charge < -0.3 is 4.90 Å². The predicted molar refractivity (Wildman–Crippen MR) is 131 cm³/mol. The summed E-state index contributed by atoms with van der Waals surface area (Å²) in [5.74, 6) is 1.21. The number of hydrogen-bond acceptors (Lipinski definition) is 6. The second-order valence-electron chi connectivity index (χ2n) is 8.46. The molecule has 2 aliphatic heterocycles. The summed E-state index contributed by atoms with van der Waals surface area (Å²) in [5.41, 5.74) is 1.29. The van der Waals surface area contributed by atoms with Crippen LogP contribution in [-0.4, -0.2) is 39.3 Å². The smallest absolute Gasteiger partial charge is 0.270 e. The highest BCUT2D eigenvalue weighted by atomic mass is 32.2. The van der Waals surface area contributed by atoms with Crippen molar-refractivity contribution >= 4 is 46.1 Å². The van der Waals surface area contributed by atoms with Gasteiger partial charge in [-0.25, -0.2) is 0 Å². The van der Waals surface area contributed by atoms with E-state index in [-0.39, 0.29) is 17.0 Å². The first-order valence-corrected chi connectivity index (χ1v) is 12.2. The van der Waals surface area contributed by atoms with Crippen molar-refractivity contribution in [3.05, 3.63) is 31.9 Å². The molecule has 0 aliphatic carbocycles. The highest BCUT2D eigenvalue weighted by Gasteiger charge is 2.33. The van der Waals surface area contributed by atoms with E-state index in [9.17, 15) is 14.9 Å². The van der Waals surface area contributed by atoms with E-state index in [1.807, 2.05) is 13.0 Å². The van der Waals surface area contributed by atoms with Crippen LogP contribution in [0.5, 0.6) is 0 Å². The van der Waals surface area contributed by atoms with Gasteiger partial charge in [-0.05, 0) is 57.1 Å². The van der Waals surface area contributed by atoms with Crippen LogP contribution in [-0.2, 0) is 11.3 Å². The van der Waals surface area contributed by atoms with Gasteiger partial charge in [0.25, 0.3) is 11.5 Å². The number of nitrogens with zero attached hydrogens (tertiary/aromatic N) is 4. The summed E-state index contributed by atoms with van der Waals surface area (Å²) in [6, 6.07) is 2.09. The molecule has 0 atom stereocenters. The number of aromatic nitrogens is 1. The molecule has 6 nitrogen and oxygen atoms in total. The summed E-state index contributed by atoms with van der Waals surface area (Å²) in [5, 5.41) is 9.67. The molecular weight excluding hydrogens is 428 g/mol. The van der Waals surface area contributed by atoms with E-state index in [4.69, 9.17) is 12.2 Å². The third-order valence-electron chi connectivity index (χ3n) is 5.90. The van der Waals surface area contributed by atoms with Gasteiger partial charge in [0, 0.05) is 31.7 Å². The van der Waals surface area contributed by atoms with Crippen LogP contribution in [0.2, 0.25) is 0 Å². The van der Waals surface area contributed by atoms with E-state index in [1.165, 1.54) is 18.2 Å². The molecular formula is C23H30N4O2S2. The molecule has 0 N–H and O–H groups in total. The number of pyridine rings is 1. The summed E-state index contributed by atoms with van der Waals surface area (Å²) < 4.78 is 2.25. The Morgan fingerprint density at radius 2 is 1.90 bits per heavy atom. The van der Waals surface area contributed by atoms with E-state index in [0.717, 1.165) is 43.7 Å². The fraction of sp³-hybridized carbons (Fsp3) is 0.565. The molecule has 2 aliphatic rings. The number of anilines is 1. The highest BCUT2D eigenvalue weighted by Crippen LogP contribution is 2.36. The Hall–Kier alpha value is -2.11. The average Bonchev–Trinajstić information content (AvgIpc) is 3.01. The lowest BCUT2D eigenvalue weighted by Crippen LogP contribution is -2.37. The number of nitriles is 1.